The second kappa shape index (κ2) is 8.75. The van der Waals surface area contributed by atoms with Crippen LogP contribution in [0, 0.1) is 27.7 Å². The van der Waals surface area contributed by atoms with Crippen molar-refractivity contribution in [1.29, 1.82) is 0 Å². The van der Waals surface area contributed by atoms with Gasteiger partial charge in [-0.2, -0.15) is 0 Å². The van der Waals surface area contributed by atoms with Crippen molar-refractivity contribution in [2.45, 2.75) is 27.7 Å². The van der Waals surface area contributed by atoms with Crippen molar-refractivity contribution < 1.29 is 14.3 Å². The first kappa shape index (κ1) is 21.4. The zero-order valence-corrected chi connectivity index (χ0v) is 18.7. The highest BCUT2D eigenvalue weighted by molar-refractivity contribution is 6.07. The minimum Gasteiger partial charge on any atom is -0.454 e. The van der Waals surface area contributed by atoms with Gasteiger partial charge in [-0.3, -0.25) is 4.79 Å². The van der Waals surface area contributed by atoms with Crippen LogP contribution in [-0.2, 0) is 4.74 Å². The summed E-state index contributed by atoms with van der Waals surface area (Å²) in [5.41, 5.74) is 7.31. The van der Waals surface area contributed by atoms with E-state index in [2.05, 4.69) is 0 Å². The SMILES string of the molecule is Cc1ccc(-c2cc(C(=O)OCC(=O)c3cc(C)ccc3C)c3cccc(C)c3n2)cc1. The number of esters is 1. The Hall–Kier alpha value is -3.79. The Labute approximate surface area is 187 Å². The highest BCUT2D eigenvalue weighted by Gasteiger charge is 2.18. The number of ketones is 1. The highest BCUT2D eigenvalue weighted by Crippen LogP contribution is 2.27. The van der Waals surface area contributed by atoms with Gasteiger partial charge in [-0.15, -0.1) is 0 Å². The van der Waals surface area contributed by atoms with Crippen LogP contribution in [0.15, 0.2) is 66.7 Å². The number of benzene rings is 3. The number of carbonyl (C=O) groups is 2. The molecule has 1 aromatic heterocycles. The number of pyridine rings is 1. The van der Waals surface area contributed by atoms with Crippen LogP contribution in [0.1, 0.15) is 43.0 Å². The van der Waals surface area contributed by atoms with Gasteiger partial charge in [0.1, 0.15) is 0 Å². The maximum absolute atomic E-state index is 13.1. The topological polar surface area (TPSA) is 56.3 Å². The molecule has 0 amide bonds. The van der Waals surface area contributed by atoms with Gasteiger partial charge in [0.25, 0.3) is 0 Å². The van der Waals surface area contributed by atoms with E-state index in [9.17, 15) is 9.59 Å². The van der Waals surface area contributed by atoms with Crippen LogP contribution in [0.25, 0.3) is 22.2 Å². The van der Waals surface area contributed by atoms with Gasteiger partial charge in [0, 0.05) is 16.5 Å². The number of aryl methyl sites for hydroxylation is 4. The summed E-state index contributed by atoms with van der Waals surface area (Å²) < 4.78 is 5.48. The number of Topliss-reactive ketones (excluding diaryl/α,β-unsaturated/α-hetero) is 1. The number of hydrogen-bond donors (Lipinski definition) is 0. The van der Waals surface area contributed by atoms with Crippen molar-refractivity contribution >= 4 is 22.7 Å². The van der Waals surface area contributed by atoms with E-state index in [4.69, 9.17) is 9.72 Å². The number of carbonyl (C=O) groups excluding carboxylic acids is 2. The zero-order chi connectivity index (χ0) is 22.8. The summed E-state index contributed by atoms with van der Waals surface area (Å²) in [6, 6.07) is 21.1. The molecule has 0 aliphatic heterocycles. The fraction of sp³-hybridized carbons (Fsp3) is 0.179. The van der Waals surface area contributed by atoms with E-state index in [0.717, 1.165) is 33.3 Å². The third-order valence-electron chi connectivity index (χ3n) is 5.64. The molecule has 0 N–H and O–H groups in total. The molecule has 160 valence electrons. The minimum absolute atomic E-state index is 0.215. The van der Waals surface area contributed by atoms with Gasteiger partial charge in [0.05, 0.1) is 16.8 Å². The van der Waals surface area contributed by atoms with Crippen molar-refractivity contribution in [1.82, 2.24) is 4.98 Å². The van der Waals surface area contributed by atoms with Gasteiger partial charge >= 0.3 is 5.97 Å². The minimum atomic E-state index is -0.532. The third kappa shape index (κ3) is 4.30. The van der Waals surface area contributed by atoms with Crippen LogP contribution in [0.2, 0.25) is 0 Å². The first-order chi connectivity index (χ1) is 15.3. The van der Waals surface area contributed by atoms with Crippen molar-refractivity contribution in [3.8, 4) is 11.3 Å². The zero-order valence-electron chi connectivity index (χ0n) is 18.7. The Balaban J connectivity index is 1.68. The molecule has 0 atom stereocenters. The average Bonchev–Trinajstić information content (AvgIpc) is 2.79. The molecule has 0 aliphatic carbocycles. The van der Waals surface area contributed by atoms with Gasteiger partial charge in [-0.1, -0.05) is 65.7 Å². The lowest BCUT2D eigenvalue weighted by atomic mass is 10.0. The Kier molecular flexibility index (Phi) is 5.87. The van der Waals surface area contributed by atoms with Crippen molar-refractivity contribution in [3.63, 3.8) is 0 Å². The maximum atomic E-state index is 13.1. The van der Waals surface area contributed by atoms with Gasteiger partial charge in [0.2, 0.25) is 5.78 Å². The second-order valence-electron chi connectivity index (χ2n) is 8.21. The predicted molar refractivity (Wildman–Crippen MR) is 127 cm³/mol. The van der Waals surface area contributed by atoms with Crippen LogP contribution in [0.4, 0.5) is 0 Å². The molecule has 0 saturated heterocycles. The first-order valence-corrected chi connectivity index (χ1v) is 10.6. The van der Waals surface area contributed by atoms with E-state index in [1.807, 2.05) is 88.4 Å². The fourth-order valence-corrected chi connectivity index (χ4v) is 3.76. The van der Waals surface area contributed by atoms with Crippen LogP contribution in [0.5, 0.6) is 0 Å². The Bertz CT molecular complexity index is 1340. The van der Waals surface area contributed by atoms with E-state index in [-0.39, 0.29) is 12.4 Å². The van der Waals surface area contributed by atoms with Crippen LogP contribution >= 0.6 is 0 Å². The molecule has 3 aromatic carbocycles. The number of hydrogen-bond acceptors (Lipinski definition) is 4. The molecule has 4 rings (SSSR count). The molecule has 32 heavy (non-hydrogen) atoms. The summed E-state index contributed by atoms with van der Waals surface area (Å²) >= 11 is 0. The Morgan fingerprint density at radius 3 is 2.25 bits per heavy atom. The molecule has 0 spiro atoms. The third-order valence-corrected chi connectivity index (χ3v) is 5.64. The number of rotatable bonds is 5. The first-order valence-electron chi connectivity index (χ1n) is 10.6. The van der Waals surface area contributed by atoms with Gasteiger partial charge in [0.15, 0.2) is 6.61 Å². The van der Waals surface area contributed by atoms with Gasteiger partial charge in [-0.05, 0) is 51.0 Å². The molecule has 0 aliphatic rings. The van der Waals surface area contributed by atoms with E-state index >= 15 is 0 Å². The van der Waals surface area contributed by atoms with E-state index < -0.39 is 5.97 Å². The maximum Gasteiger partial charge on any atom is 0.339 e. The quantitative estimate of drug-likeness (QED) is 0.284. The molecule has 4 heteroatoms. The molecule has 4 aromatic rings. The van der Waals surface area contributed by atoms with E-state index in [0.29, 0.717) is 22.2 Å². The standard InChI is InChI=1S/C28H25NO3/c1-17-9-12-21(13-10-17)25-15-24(22-7-5-6-20(4)27(22)29-25)28(31)32-16-26(30)23-14-18(2)8-11-19(23)3/h5-15H,16H2,1-4H3. The molecule has 0 bridgehead atoms. The predicted octanol–water partition coefficient (Wildman–Crippen LogP) is 6.18. The summed E-state index contributed by atoms with van der Waals surface area (Å²) in [7, 11) is 0. The lowest BCUT2D eigenvalue weighted by Crippen LogP contribution is -2.16. The van der Waals surface area contributed by atoms with Gasteiger partial charge < -0.3 is 4.74 Å². The number of fused-ring (bicyclic) bond motifs is 1. The molecular formula is C28H25NO3. The molecular weight excluding hydrogens is 398 g/mol. The van der Waals surface area contributed by atoms with Crippen molar-refractivity contribution in [3.05, 3.63) is 100 Å². The largest absolute Gasteiger partial charge is 0.454 e. The van der Waals surface area contributed by atoms with Crippen molar-refractivity contribution in [2.24, 2.45) is 0 Å². The van der Waals surface area contributed by atoms with E-state index in [1.165, 1.54) is 0 Å². The summed E-state index contributed by atoms with van der Waals surface area (Å²) in [5, 5.41) is 0.713. The summed E-state index contributed by atoms with van der Waals surface area (Å²) in [6.45, 7) is 7.49. The smallest absolute Gasteiger partial charge is 0.339 e. The highest BCUT2D eigenvalue weighted by atomic mass is 16.5. The summed E-state index contributed by atoms with van der Waals surface area (Å²) in [5.74, 6) is -0.747. The monoisotopic (exact) mass is 423 g/mol. The van der Waals surface area contributed by atoms with Crippen LogP contribution in [0.3, 0.4) is 0 Å². The Morgan fingerprint density at radius 1 is 0.781 bits per heavy atom. The number of ether oxygens (including phenoxy) is 1. The second-order valence-corrected chi connectivity index (χ2v) is 8.21. The normalized spacial score (nSPS) is 10.9. The molecule has 0 radical (unpaired) electrons. The molecule has 4 nitrogen and oxygen atoms in total. The number of nitrogens with zero attached hydrogens (tertiary/aromatic N) is 1. The summed E-state index contributed by atoms with van der Waals surface area (Å²) in [6.07, 6.45) is 0. The molecule has 0 unspecified atom stereocenters. The number of para-hydroxylation sites is 1. The molecule has 0 fully saturated rings. The number of aromatic nitrogens is 1. The van der Waals surface area contributed by atoms with Crippen molar-refractivity contribution in [2.75, 3.05) is 6.61 Å². The van der Waals surface area contributed by atoms with Crippen LogP contribution in [-0.4, -0.2) is 23.3 Å². The lowest BCUT2D eigenvalue weighted by molar-refractivity contribution is 0.0476. The van der Waals surface area contributed by atoms with E-state index in [1.54, 1.807) is 6.07 Å². The lowest BCUT2D eigenvalue weighted by Gasteiger charge is -2.12. The average molecular weight is 424 g/mol. The Morgan fingerprint density at radius 2 is 1.50 bits per heavy atom. The van der Waals surface area contributed by atoms with Crippen LogP contribution < -0.4 is 0 Å². The summed E-state index contributed by atoms with van der Waals surface area (Å²) in [4.78, 5) is 30.6. The fourth-order valence-electron chi connectivity index (χ4n) is 3.76. The van der Waals surface area contributed by atoms with Gasteiger partial charge in [-0.25, -0.2) is 9.78 Å². The molecule has 1 heterocycles. The molecule has 0 saturated carbocycles.